The third-order valence-corrected chi connectivity index (χ3v) is 5.97. The monoisotopic (exact) mass is 490 g/mol. The predicted molar refractivity (Wildman–Crippen MR) is 126 cm³/mol. The first-order valence-corrected chi connectivity index (χ1v) is 11.7. The number of hydrogen-bond donors (Lipinski definition) is 5. The van der Waals surface area contributed by atoms with Crippen LogP contribution in [0.15, 0.2) is 30.3 Å². The van der Waals surface area contributed by atoms with Crippen molar-refractivity contribution >= 4 is 29.7 Å². The van der Waals surface area contributed by atoms with Gasteiger partial charge in [-0.15, -0.1) is 0 Å². The van der Waals surface area contributed by atoms with Crippen molar-refractivity contribution in [3.63, 3.8) is 0 Å². The van der Waals surface area contributed by atoms with Gasteiger partial charge in [0.2, 0.25) is 17.7 Å². The van der Waals surface area contributed by atoms with Crippen molar-refractivity contribution in [2.24, 2.45) is 11.7 Å². The smallest absolute Gasteiger partial charge is 0.326 e. The van der Waals surface area contributed by atoms with Gasteiger partial charge in [0.05, 0.1) is 6.04 Å². The van der Waals surface area contributed by atoms with Crippen LogP contribution in [0, 0.1) is 5.92 Å². The molecule has 0 radical (unpaired) electrons. The summed E-state index contributed by atoms with van der Waals surface area (Å²) in [6.45, 7) is 3.67. The second-order valence-electron chi connectivity index (χ2n) is 9.05. The highest BCUT2D eigenvalue weighted by molar-refractivity contribution is 5.94. The molecule has 4 atom stereocenters. The number of carboxylic acids is 2. The lowest BCUT2D eigenvalue weighted by Gasteiger charge is -2.30. The van der Waals surface area contributed by atoms with E-state index in [4.69, 9.17) is 10.8 Å². The van der Waals surface area contributed by atoms with Crippen LogP contribution in [0.3, 0.4) is 0 Å². The van der Waals surface area contributed by atoms with E-state index in [0.29, 0.717) is 12.8 Å². The molecule has 1 saturated heterocycles. The molecular weight excluding hydrogens is 456 g/mol. The van der Waals surface area contributed by atoms with Crippen LogP contribution >= 0.6 is 0 Å². The average Bonchev–Trinajstić information content (AvgIpc) is 3.30. The van der Waals surface area contributed by atoms with Gasteiger partial charge >= 0.3 is 11.9 Å². The van der Waals surface area contributed by atoms with Gasteiger partial charge in [-0.3, -0.25) is 19.2 Å². The number of aliphatic carboxylic acids is 2. The van der Waals surface area contributed by atoms with E-state index in [-0.39, 0.29) is 31.7 Å². The molecule has 11 nitrogen and oxygen atoms in total. The van der Waals surface area contributed by atoms with Crippen LogP contribution in [0.2, 0.25) is 0 Å². The maximum atomic E-state index is 13.1. The van der Waals surface area contributed by atoms with Crippen molar-refractivity contribution in [1.29, 1.82) is 0 Å². The number of rotatable bonds is 12. The summed E-state index contributed by atoms with van der Waals surface area (Å²) in [6, 6.07) is 4.86. The van der Waals surface area contributed by atoms with Gasteiger partial charge in [-0.25, -0.2) is 4.79 Å². The fourth-order valence-electron chi connectivity index (χ4n) is 4.01. The number of carbonyl (C=O) groups excluding carboxylic acids is 3. The van der Waals surface area contributed by atoms with Crippen LogP contribution in [-0.2, 0) is 30.4 Å². The van der Waals surface area contributed by atoms with E-state index < -0.39 is 53.8 Å². The molecule has 1 aromatic carbocycles. The first-order valence-electron chi connectivity index (χ1n) is 11.7. The molecule has 3 amide bonds. The van der Waals surface area contributed by atoms with Crippen molar-refractivity contribution in [3.05, 3.63) is 35.9 Å². The first kappa shape index (κ1) is 27.8. The van der Waals surface area contributed by atoms with Crippen LogP contribution in [0.1, 0.15) is 45.1 Å². The molecule has 0 bridgehead atoms. The minimum atomic E-state index is -1.23. The van der Waals surface area contributed by atoms with E-state index in [1.807, 2.05) is 18.2 Å². The lowest BCUT2D eigenvalue weighted by molar-refractivity contribution is -0.150. The van der Waals surface area contributed by atoms with Crippen LogP contribution in [0.5, 0.6) is 0 Å². The summed E-state index contributed by atoms with van der Waals surface area (Å²) in [5.74, 6) is -4.52. The number of hydrogen-bond acceptors (Lipinski definition) is 6. The van der Waals surface area contributed by atoms with Crippen LogP contribution in [-0.4, -0.2) is 75.5 Å². The summed E-state index contributed by atoms with van der Waals surface area (Å²) >= 11 is 0. The molecule has 1 aliphatic heterocycles. The molecule has 11 heteroatoms. The number of carbonyl (C=O) groups is 5. The molecule has 0 spiro atoms. The quantitative estimate of drug-likeness (QED) is 0.274. The highest BCUT2D eigenvalue weighted by Crippen LogP contribution is 2.20. The Balaban J connectivity index is 2.12. The van der Waals surface area contributed by atoms with Crippen molar-refractivity contribution in [2.45, 2.75) is 70.1 Å². The Hall–Kier alpha value is -3.47. The number of nitrogens with two attached hydrogens (primary N) is 1. The van der Waals surface area contributed by atoms with Crippen molar-refractivity contribution < 1.29 is 34.2 Å². The Labute approximate surface area is 204 Å². The van der Waals surface area contributed by atoms with Crippen molar-refractivity contribution in [3.8, 4) is 0 Å². The average molecular weight is 491 g/mol. The Bertz CT molecular complexity index is 922. The van der Waals surface area contributed by atoms with Gasteiger partial charge in [0, 0.05) is 13.0 Å². The van der Waals surface area contributed by atoms with Gasteiger partial charge < -0.3 is 31.5 Å². The molecule has 0 aliphatic carbocycles. The Morgan fingerprint density at radius 3 is 2.29 bits per heavy atom. The molecule has 0 saturated carbocycles. The molecule has 35 heavy (non-hydrogen) atoms. The first-order chi connectivity index (χ1) is 16.5. The van der Waals surface area contributed by atoms with E-state index in [0.717, 1.165) is 5.56 Å². The zero-order valence-corrected chi connectivity index (χ0v) is 20.0. The highest BCUT2D eigenvalue weighted by atomic mass is 16.4. The minimum Gasteiger partial charge on any atom is -0.481 e. The normalized spacial score (nSPS) is 17.9. The summed E-state index contributed by atoms with van der Waals surface area (Å²) < 4.78 is 0. The molecule has 6 N–H and O–H groups in total. The maximum absolute atomic E-state index is 13.1. The van der Waals surface area contributed by atoms with Crippen LogP contribution in [0.4, 0.5) is 0 Å². The Morgan fingerprint density at radius 1 is 1.06 bits per heavy atom. The molecule has 1 aromatic rings. The fraction of sp³-hybridized carbons (Fsp3) is 0.542. The maximum Gasteiger partial charge on any atom is 0.326 e. The third kappa shape index (κ3) is 8.06. The molecule has 0 aromatic heterocycles. The van der Waals surface area contributed by atoms with E-state index in [2.05, 4.69) is 10.6 Å². The fourth-order valence-corrected chi connectivity index (χ4v) is 4.01. The van der Waals surface area contributed by atoms with Crippen molar-refractivity contribution in [1.82, 2.24) is 15.5 Å². The van der Waals surface area contributed by atoms with Crippen molar-refractivity contribution in [2.75, 3.05) is 6.54 Å². The van der Waals surface area contributed by atoms with Gasteiger partial charge in [0.1, 0.15) is 18.1 Å². The van der Waals surface area contributed by atoms with Gasteiger partial charge in [-0.2, -0.15) is 0 Å². The number of likely N-dealkylation sites (tertiary alicyclic amines) is 1. The molecule has 2 rings (SSSR count). The van der Waals surface area contributed by atoms with Gasteiger partial charge in [0.15, 0.2) is 0 Å². The molecular formula is C24H34N4O7. The van der Waals surface area contributed by atoms with Crippen LogP contribution < -0.4 is 16.4 Å². The van der Waals surface area contributed by atoms with Gasteiger partial charge in [-0.1, -0.05) is 44.2 Å². The topological polar surface area (TPSA) is 179 Å². The molecule has 1 fully saturated rings. The SMILES string of the molecule is CC(C)C(NC(=O)C(CCC(=O)O)NC(=O)C(N)Cc1ccccc1)C(=O)N1CCCC1C(=O)O. The number of nitrogens with one attached hydrogen (secondary N) is 2. The van der Waals surface area contributed by atoms with Gasteiger partial charge in [0.25, 0.3) is 0 Å². The zero-order chi connectivity index (χ0) is 26.1. The number of carboxylic acid groups (broad SMARTS) is 2. The second-order valence-corrected chi connectivity index (χ2v) is 9.05. The molecule has 192 valence electrons. The Kier molecular flexibility index (Phi) is 10.2. The Morgan fingerprint density at radius 2 is 1.71 bits per heavy atom. The lowest BCUT2D eigenvalue weighted by Crippen LogP contribution is -2.58. The lowest BCUT2D eigenvalue weighted by atomic mass is 10.0. The van der Waals surface area contributed by atoms with E-state index in [9.17, 15) is 29.1 Å². The number of benzene rings is 1. The summed E-state index contributed by atoms with van der Waals surface area (Å²) in [5.41, 5.74) is 6.83. The van der Waals surface area contributed by atoms with E-state index >= 15 is 0 Å². The van der Waals surface area contributed by atoms with E-state index in [1.165, 1.54) is 4.90 Å². The number of nitrogens with zero attached hydrogens (tertiary/aromatic N) is 1. The summed E-state index contributed by atoms with van der Waals surface area (Å²) in [7, 11) is 0. The second kappa shape index (κ2) is 12.8. The standard InChI is InChI=1S/C24H34N4O7/c1-14(2)20(23(33)28-12-6-9-18(28)24(34)35)27-22(32)17(10-11-19(29)30)26-21(31)16(25)13-15-7-4-3-5-8-15/h3-5,7-8,14,16-18,20H,6,9-13,25H2,1-2H3,(H,26,31)(H,27,32)(H,29,30)(H,34,35). The summed E-state index contributed by atoms with van der Waals surface area (Å²) in [6.07, 6.45) is 0.498. The number of amides is 3. The minimum absolute atomic E-state index is 0.203. The summed E-state index contributed by atoms with van der Waals surface area (Å²) in [4.78, 5) is 62.7. The van der Waals surface area contributed by atoms with E-state index in [1.54, 1.807) is 26.0 Å². The van der Waals surface area contributed by atoms with Gasteiger partial charge in [-0.05, 0) is 37.2 Å². The third-order valence-electron chi connectivity index (χ3n) is 5.97. The molecule has 4 unspecified atom stereocenters. The highest BCUT2D eigenvalue weighted by Gasteiger charge is 2.39. The largest absolute Gasteiger partial charge is 0.481 e. The molecule has 1 aliphatic rings. The zero-order valence-electron chi connectivity index (χ0n) is 20.0. The molecule has 1 heterocycles. The van der Waals surface area contributed by atoms with Crippen LogP contribution in [0.25, 0.3) is 0 Å². The predicted octanol–water partition coefficient (Wildman–Crippen LogP) is 0.122. The summed E-state index contributed by atoms with van der Waals surface area (Å²) in [5, 5.41) is 23.6.